The first-order valence-electron chi connectivity index (χ1n) is 4.47. The van der Waals surface area contributed by atoms with Crippen LogP contribution in [0.15, 0.2) is 49.2 Å². The van der Waals surface area contributed by atoms with Gasteiger partial charge in [-0.15, -0.1) is 0 Å². The van der Waals surface area contributed by atoms with E-state index in [1.807, 2.05) is 0 Å². The van der Waals surface area contributed by atoms with Crippen LogP contribution < -0.4 is 0 Å². The van der Waals surface area contributed by atoms with Crippen LogP contribution in [-0.4, -0.2) is 17.0 Å². The molecule has 0 aromatic heterocycles. The maximum Gasteiger partial charge on any atom is 0.339 e. The number of carbonyl (C=O) groups is 2. The SMILES string of the molecule is C=CC(=O)OC=C(C(=O)O)c1ccccc1. The van der Waals surface area contributed by atoms with Gasteiger partial charge >= 0.3 is 11.9 Å². The van der Waals surface area contributed by atoms with Crippen LogP contribution in [0.25, 0.3) is 5.57 Å². The van der Waals surface area contributed by atoms with Crippen LogP contribution >= 0.6 is 0 Å². The molecule has 0 unspecified atom stereocenters. The topological polar surface area (TPSA) is 63.6 Å². The Morgan fingerprint density at radius 1 is 1.25 bits per heavy atom. The molecule has 1 N–H and O–H groups in total. The second-order valence-corrected chi connectivity index (χ2v) is 2.84. The summed E-state index contributed by atoms with van der Waals surface area (Å²) in [5.41, 5.74) is 0.377. The molecule has 0 aliphatic carbocycles. The Morgan fingerprint density at radius 3 is 2.38 bits per heavy atom. The summed E-state index contributed by atoms with van der Waals surface area (Å²) in [5, 5.41) is 8.93. The summed E-state index contributed by atoms with van der Waals surface area (Å²) in [6, 6.07) is 8.38. The third-order valence-corrected chi connectivity index (χ3v) is 1.77. The lowest BCUT2D eigenvalue weighted by Crippen LogP contribution is -2.02. The molecule has 0 amide bonds. The van der Waals surface area contributed by atoms with Gasteiger partial charge in [0.05, 0.1) is 0 Å². The maximum absolute atomic E-state index is 10.9. The van der Waals surface area contributed by atoms with E-state index in [2.05, 4.69) is 11.3 Å². The van der Waals surface area contributed by atoms with Gasteiger partial charge in [0.15, 0.2) is 0 Å². The molecular formula is C12H10O4. The monoisotopic (exact) mass is 218 g/mol. The Morgan fingerprint density at radius 2 is 1.88 bits per heavy atom. The van der Waals surface area contributed by atoms with E-state index in [0.29, 0.717) is 5.56 Å². The van der Waals surface area contributed by atoms with E-state index in [1.54, 1.807) is 30.3 Å². The van der Waals surface area contributed by atoms with Crippen LogP contribution in [-0.2, 0) is 14.3 Å². The van der Waals surface area contributed by atoms with E-state index < -0.39 is 11.9 Å². The first-order valence-corrected chi connectivity index (χ1v) is 4.47. The van der Waals surface area contributed by atoms with E-state index in [-0.39, 0.29) is 5.57 Å². The lowest BCUT2D eigenvalue weighted by Gasteiger charge is -2.01. The lowest BCUT2D eigenvalue weighted by atomic mass is 10.1. The van der Waals surface area contributed by atoms with Crippen molar-refractivity contribution >= 4 is 17.5 Å². The third-order valence-electron chi connectivity index (χ3n) is 1.77. The van der Waals surface area contributed by atoms with E-state index in [1.165, 1.54) is 0 Å². The lowest BCUT2D eigenvalue weighted by molar-refractivity contribution is -0.132. The normalized spacial score (nSPS) is 10.6. The summed E-state index contributed by atoms with van der Waals surface area (Å²) >= 11 is 0. The Balaban J connectivity index is 2.96. The van der Waals surface area contributed by atoms with Crippen LogP contribution in [0.4, 0.5) is 0 Å². The Kier molecular flexibility index (Phi) is 4.03. The number of aliphatic carboxylic acids is 1. The molecule has 1 aromatic carbocycles. The van der Waals surface area contributed by atoms with Crippen molar-refractivity contribution in [1.29, 1.82) is 0 Å². The van der Waals surface area contributed by atoms with Crippen molar-refractivity contribution in [2.45, 2.75) is 0 Å². The van der Waals surface area contributed by atoms with Crippen LogP contribution in [0.2, 0.25) is 0 Å². The smallest absolute Gasteiger partial charge is 0.339 e. The largest absolute Gasteiger partial charge is 0.478 e. The molecule has 82 valence electrons. The van der Waals surface area contributed by atoms with Crippen molar-refractivity contribution in [3.63, 3.8) is 0 Å². The highest BCUT2D eigenvalue weighted by molar-refractivity contribution is 6.15. The molecule has 1 rings (SSSR count). The molecule has 16 heavy (non-hydrogen) atoms. The number of carboxylic acids is 1. The molecule has 4 nitrogen and oxygen atoms in total. The van der Waals surface area contributed by atoms with Crippen LogP contribution in [0.5, 0.6) is 0 Å². The van der Waals surface area contributed by atoms with Gasteiger partial charge in [0.2, 0.25) is 0 Å². The average molecular weight is 218 g/mol. The molecule has 0 fully saturated rings. The molecule has 0 atom stereocenters. The van der Waals surface area contributed by atoms with Gasteiger partial charge in [-0.05, 0) is 5.56 Å². The van der Waals surface area contributed by atoms with Gasteiger partial charge in [-0.1, -0.05) is 36.9 Å². The average Bonchev–Trinajstić information content (AvgIpc) is 2.30. The number of esters is 1. The summed E-state index contributed by atoms with van der Waals surface area (Å²) in [7, 11) is 0. The van der Waals surface area contributed by atoms with E-state index in [4.69, 9.17) is 5.11 Å². The van der Waals surface area contributed by atoms with Crippen LogP contribution in [0, 0.1) is 0 Å². The minimum atomic E-state index is -1.16. The first-order chi connectivity index (χ1) is 7.65. The number of ether oxygens (including phenoxy) is 1. The van der Waals surface area contributed by atoms with Gasteiger partial charge in [0, 0.05) is 6.08 Å². The standard InChI is InChI=1S/C12H10O4/c1-2-11(13)16-8-10(12(14)15)9-6-4-3-5-7-9/h2-8H,1H2,(H,14,15). The highest BCUT2D eigenvalue weighted by Gasteiger charge is 2.10. The number of hydrogen-bond acceptors (Lipinski definition) is 3. The van der Waals surface area contributed by atoms with Gasteiger partial charge in [-0.25, -0.2) is 9.59 Å². The molecule has 0 saturated carbocycles. The van der Waals surface area contributed by atoms with Crippen molar-refractivity contribution < 1.29 is 19.4 Å². The van der Waals surface area contributed by atoms with Crippen LogP contribution in [0.3, 0.4) is 0 Å². The molecule has 0 radical (unpaired) electrons. The van der Waals surface area contributed by atoms with E-state index in [9.17, 15) is 9.59 Å². The number of benzene rings is 1. The molecule has 0 saturated heterocycles. The predicted octanol–water partition coefficient (Wildman–Crippen LogP) is 1.84. The summed E-state index contributed by atoms with van der Waals surface area (Å²) in [4.78, 5) is 21.7. The van der Waals surface area contributed by atoms with Gasteiger partial charge < -0.3 is 9.84 Å². The van der Waals surface area contributed by atoms with Gasteiger partial charge in [-0.3, -0.25) is 0 Å². The Bertz CT molecular complexity index is 432. The van der Waals surface area contributed by atoms with Crippen LogP contribution in [0.1, 0.15) is 5.56 Å². The number of rotatable bonds is 4. The Hall–Kier alpha value is -2.36. The van der Waals surface area contributed by atoms with Gasteiger partial charge in [0.25, 0.3) is 0 Å². The molecule has 0 aliphatic heterocycles. The molecule has 4 heteroatoms. The second-order valence-electron chi connectivity index (χ2n) is 2.84. The van der Waals surface area contributed by atoms with Crippen molar-refractivity contribution in [3.05, 3.63) is 54.8 Å². The zero-order valence-electron chi connectivity index (χ0n) is 8.42. The van der Waals surface area contributed by atoms with Crippen molar-refractivity contribution in [1.82, 2.24) is 0 Å². The minimum absolute atomic E-state index is 0.0872. The number of carbonyl (C=O) groups excluding carboxylic acids is 1. The van der Waals surface area contributed by atoms with Gasteiger partial charge in [0.1, 0.15) is 11.8 Å². The molecule has 0 aliphatic rings. The molecule has 0 spiro atoms. The fourth-order valence-electron chi connectivity index (χ4n) is 1.02. The summed E-state index contributed by atoms with van der Waals surface area (Å²) in [6.07, 6.45) is 1.86. The van der Waals surface area contributed by atoms with Crippen molar-refractivity contribution in [3.8, 4) is 0 Å². The zero-order chi connectivity index (χ0) is 12.0. The fraction of sp³-hybridized carbons (Fsp3) is 0. The highest BCUT2D eigenvalue weighted by Crippen LogP contribution is 2.14. The summed E-state index contributed by atoms with van der Waals surface area (Å²) in [6.45, 7) is 3.20. The maximum atomic E-state index is 10.9. The molecule has 0 heterocycles. The first kappa shape index (κ1) is 11.7. The Labute approximate surface area is 92.5 Å². The van der Waals surface area contributed by atoms with E-state index >= 15 is 0 Å². The van der Waals surface area contributed by atoms with Crippen molar-refractivity contribution in [2.75, 3.05) is 0 Å². The minimum Gasteiger partial charge on any atom is -0.478 e. The molecular weight excluding hydrogens is 208 g/mol. The summed E-state index contributed by atoms with van der Waals surface area (Å²) in [5.74, 6) is -1.86. The molecule has 0 bridgehead atoms. The van der Waals surface area contributed by atoms with E-state index in [0.717, 1.165) is 12.3 Å². The number of hydrogen-bond donors (Lipinski definition) is 1. The second kappa shape index (κ2) is 5.50. The van der Waals surface area contributed by atoms with Gasteiger partial charge in [-0.2, -0.15) is 0 Å². The number of carboxylic acid groups (broad SMARTS) is 1. The molecule has 1 aromatic rings. The van der Waals surface area contributed by atoms with Crippen molar-refractivity contribution in [2.24, 2.45) is 0 Å². The fourth-order valence-corrected chi connectivity index (χ4v) is 1.02. The zero-order valence-corrected chi connectivity index (χ0v) is 8.42. The quantitative estimate of drug-likeness (QED) is 0.476. The summed E-state index contributed by atoms with van der Waals surface area (Å²) < 4.78 is 4.57. The third kappa shape index (κ3) is 3.09. The predicted molar refractivity (Wildman–Crippen MR) is 58.3 cm³/mol. The highest BCUT2D eigenvalue weighted by atomic mass is 16.5.